The van der Waals surface area contributed by atoms with Crippen molar-refractivity contribution in [1.82, 2.24) is 4.90 Å². The molecule has 1 heterocycles. The molecular formula is C16H19NO5. The second kappa shape index (κ2) is 5.96. The van der Waals surface area contributed by atoms with Gasteiger partial charge in [0.15, 0.2) is 0 Å². The maximum Gasteiger partial charge on any atom is 0.412 e. The van der Waals surface area contributed by atoms with Gasteiger partial charge >= 0.3 is 12.1 Å². The van der Waals surface area contributed by atoms with Crippen molar-refractivity contribution in [2.45, 2.75) is 31.6 Å². The van der Waals surface area contributed by atoms with Crippen LogP contribution in [0, 0.1) is 5.92 Å². The highest BCUT2D eigenvalue weighted by Crippen LogP contribution is 2.45. The Bertz CT molecular complexity index is 553. The van der Waals surface area contributed by atoms with E-state index in [2.05, 4.69) is 0 Å². The average Bonchev–Trinajstić information content (AvgIpc) is 2.51. The first kappa shape index (κ1) is 14.8. The third-order valence-electron chi connectivity index (χ3n) is 4.29. The van der Waals surface area contributed by atoms with E-state index in [4.69, 9.17) is 14.6 Å². The molecule has 0 radical (unpaired) electrons. The summed E-state index contributed by atoms with van der Waals surface area (Å²) in [6.45, 7) is 1.30. The summed E-state index contributed by atoms with van der Waals surface area (Å²) >= 11 is 0. The number of nitrogens with zero attached hydrogens (tertiary/aromatic N) is 1. The van der Waals surface area contributed by atoms with Crippen LogP contribution < -0.4 is 0 Å². The number of carbonyl (C=O) groups is 2. The first-order valence-electron chi connectivity index (χ1n) is 7.46. The minimum Gasteiger partial charge on any atom is -0.481 e. The first-order valence-corrected chi connectivity index (χ1v) is 7.46. The molecule has 0 aromatic heterocycles. The van der Waals surface area contributed by atoms with E-state index in [0.29, 0.717) is 26.0 Å². The van der Waals surface area contributed by atoms with Gasteiger partial charge in [-0.2, -0.15) is 0 Å². The number of aliphatic carboxylic acids is 1. The standard InChI is InChI=1S/C16H19NO5/c18-14(19)13-9-16(10-13)17(7-4-8-22-16)15(20)21-11-12-5-2-1-3-6-12/h1-3,5-6,13H,4,7-11H2,(H,18,19). The number of hydrogen-bond acceptors (Lipinski definition) is 4. The predicted octanol–water partition coefficient (Wildman–Crippen LogP) is 2.24. The summed E-state index contributed by atoms with van der Waals surface area (Å²) in [5.74, 6) is -1.28. The van der Waals surface area contributed by atoms with Gasteiger partial charge in [-0.25, -0.2) is 4.79 Å². The average molecular weight is 305 g/mol. The number of ether oxygens (including phenoxy) is 2. The van der Waals surface area contributed by atoms with Crippen LogP contribution in [0.1, 0.15) is 24.8 Å². The third-order valence-corrected chi connectivity index (χ3v) is 4.29. The Morgan fingerprint density at radius 2 is 2.05 bits per heavy atom. The fraction of sp³-hybridized carbons (Fsp3) is 0.500. The van der Waals surface area contributed by atoms with Gasteiger partial charge in [-0.3, -0.25) is 9.69 Å². The van der Waals surface area contributed by atoms with Crippen LogP contribution in [0.5, 0.6) is 0 Å². The summed E-state index contributed by atoms with van der Waals surface area (Å²) in [6.07, 6.45) is 0.971. The van der Waals surface area contributed by atoms with Gasteiger partial charge in [0, 0.05) is 19.4 Å². The minimum atomic E-state index is -0.836. The normalized spacial score (nSPS) is 27.3. The molecule has 1 amide bonds. The molecule has 6 heteroatoms. The smallest absolute Gasteiger partial charge is 0.412 e. The van der Waals surface area contributed by atoms with Crippen molar-refractivity contribution in [3.05, 3.63) is 35.9 Å². The third kappa shape index (κ3) is 2.78. The Hall–Kier alpha value is -2.08. The van der Waals surface area contributed by atoms with E-state index in [1.54, 1.807) is 4.90 Å². The lowest BCUT2D eigenvalue weighted by Crippen LogP contribution is -2.64. The predicted molar refractivity (Wildman–Crippen MR) is 77.0 cm³/mol. The van der Waals surface area contributed by atoms with Gasteiger partial charge in [0.2, 0.25) is 0 Å². The van der Waals surface area contributed by atoms with Crippen molar-refractivity contribution in [2.75, 3.05) is 13.2 Å². The van der Waals surface area contributed by atoms with Crippen LogP contribution in [-0.4, -0.2) is 40.9 Å². The van der Waals surface area contributed by atoms with Crippen molar-refractivity contribution in [2.24, 2.45) is 5.92 Å². The van der Waals surface area contributed by atoms with Crippen molar-refractivity contribution < 1.29 is 24.2 Å². The molecule has 0 atom stereocenters. The molecule has 1 aromatic rings. The van der Waals surface area contributed by atoms with E-state index in [-0.39, 0.29) is 6.61 Å². The zero-order chi connectivity index (χ0) is 15.6. The van der Waals surface area contributed by atoms with E-state index >= 15 is 0 Å². The van der Waals surface area contributed by atoms with Crippen molar-refractivity contribution in [3.8, 4) is 0 Å². The molecule has 1 aromatic carbocycles. The Morgan fingerprint density at radius 3 is 2.73 bits per heavy atom. The highest BCUT2D eigenvalue weighted by atomic mass is 16.6. The van der Waals surface area contributed by atoms with Crippen molar-refractivity contribution >= 4 is 12.1 Å². The topological polar surface area (TPSA) is 76.1 Å². The molecule has 2 fully saturated rings. The summed E-state index contributed by atoms with van der Waals surface area (Å²) in [5, 5.41) is 9.03. The fourth-order valence-electron chi connectivity index (χ4n) is 3.04. The number of carboxylic acids is 1. The molecule has 1 aliphatic heterocycles. The molecule has 1 aliphatic carbocycles. The van der Waals surface area contributed by atoms with Gasteiger partial charge in [0.1, 0.15) is 12.3 Å². The van der Waals surface area contributed by atoms with Crippen LogP contribution in [0.4, 0.5) is 4.79 Å². The van der Waals surface area contributed by atoms with Crippen LogP contribution in [0.2, 0.25) is 0 Å². The lowest BCUT2D eigenvalue weighted by atomic mass is 9.75. The van der Waals surface area contributed by atoms with E-state index < -0.39 is 23.7 Å². The molecule has 0 unspecified atom stereocenters. The highest BCUT2D eigenvalue weighted by Gasteiger charge is 2.55. The minimum absolute atomic E-state index is 0.203. The number of amides is 1. The molecule has 1 spiro atoms. The zero-order valence-electron chi connectivity index (χ0n) is 12.2. The van der Waals surface area contributed by atoms with Gasteiger partial charge < -0.3 is 14.6 Å². The molecule has 2 aliphatic rings. The number of benzene rings is 1. The molecule has 118 valence electrons. The number of hydrogen-bond donors (Lipinski definition) is 1. The molecule has 1 N–H and O–H groups in total. The molecule has 0 bridgehead atoms. The van der Waals surface area contributed by atoms with Crippen LogP contribution in [0.25, 0.3) is 0 Å². The maximum absolute atomic E-state index is 12.3. The molecule has 6 nitrogen and oxygen atoms in total. The molecule has 3 rings (SSSR count). The number of carbonyl (C=O) groups excluding carboxylic acids is 1. The van der Waals surface area contributed by atoms with E-state index in [0.717, 1.165) is 12.0 Å². The SMILES string of the molecule is O=C(O)C1CC2(C1)OCCCN2C(=O)OCc1ccccc1. The highest BCUT2D eigenvalue weighted by molar-refractivity contribution is 5.73. The lowest BCUT2D eigenvalue weighted by Gasteiger charge is -2.53. The van der Waals surface area contributed by atoms with Crippen molar-refractivity contribution in [1.29, 1.82) is 0 Å². The molecule has 22 heavy (non-hydrogen) atoms. The largest absolute Gasteiger partial charge is 0.481 e. The second-order valence-electron chi connectivity index (χ2n) is 5.78. The summed E-state index contributed by atoms with van der Waals surface area (Å²) in [7, 11) is 0. The Labute approximate surface area is 128 Å². The fourth-order valence-corrected chi connectivity index (χ4v) is 3.04. The maximum atomic E-state index is 12.3. The van der Waals surface area contributed by atoms with Crippen LogP contribution >= 0.6 is 0 Å². The quantitative estimate of drug-likeness (QED) is 0.926. The Kier molecular flexibility index (Phi) is 4.02. The van der Waals surface area contributed by atoms with E-state index in [1.807, 2.05) is 30.3 Å². The van der Waals surface area contributed by atoms with E-state index in [1.165, 1.54) is 0 Å². The van der Waals surface area contributed by atoms with Crippen molar-refractivity contribution in [3.63, 3.8) is 0 Å². The molecule has 1 saturated carbocycles. The molecular weight excluding hydrogens is 286 g/mol. The first-order chi connectivity index (χ1) is 10.6. The van der Waals surface area contributed by atoms with Gasteiger partial charge in [0.25, 0.3) is 0 Å². The van der Waals surface area contributed by atoms with Crippen LogP contribution in [0.3, 0.4) is 0 Å². The van der Waals surface area contributed by atoms with Gasteiger partial charge in [-0.1, -0.05) is 30.3 Å². The number of carboxylic acid groups (broad SMARTS) is 1. The zero-order valence-corrected chi connectivity index (χ0v) is 12.2. The monoisotopic (exact) mass is 305 g/mol. The second-order valence-corrected chi connectivity index (χ2v) is 5.78. The van der Waals surface area contributed by atoms with E-state index in [9.17, 15) is 9.59 Å². The van der Waals surface area contributed by atoms with Crippen LogP contribution in [-0.2, 0) is 20.9 Å². The number of rotatable bonds is 3. The molecule has 1 saturated heterocycles. The Balaban J connectivity index is 1.61. The van der Waals surface area contributed by atoms with Gasteiger partial charge in [-0.15, -0.1) is 0 Å². The van der Waals surface area contributed by atoms with Crippen LogP contribution in [0.15, 0.2) is 30.3 Å². The summed E-state index contributed by atoms with van der Waals surface area (Å²) in [6, 6.07) is 9.45. The summed E-state index contributed by atoms with van der Waals surface area (Å²) in [4.78, 5) is 24.9. The Morgan fingerprint density at radius 1 is 1.32 bits per heavy atom. The lowest BCUT2D eigenvalue weighted by molar-refractivity contribution is -0.236. The summed E-state index contributed by atoms with van der Waals surface area (Å²) in [5.41, 5.74) is 0.134. The van der Waals surface area contributed by atoms with Gasteiger partial charge in [-0.05, 0) is 12.0 Å². The van der Waals surface area contributed by atoms with Gasteiger partial charge in [0.05, 0.1) is 12.5 Å². The summed E-state index contributed by atoms with van der Waals surface area (Å²) < 4.78 is 11.1.